The molecule has 0 aromatic heterocycles. The lowest BCUT2D eigenvalue weighted by atomic mass is 9.71. The topological polar surface area (TPSA) is 32.6 Å². The Labute approximate surface area is 90.9 Å². The maximum absolute atomic E-state index is 9.16. The number of oxime groups is 1. The van der Waals surface area contributed by atoms with E-state index < -0.39 is 0 Å². The third-order valence-corrected chi connectivity index (χ3v) is 7.52. The summed E-state index contributed by atoms with van der Waals surface area (Å²) in [6.45, 7) is 0. The van der Waals surface area contributed by atoms with Crippen molar-refractivity contribution >= 4 is 21.6 Å². The summed E-state index contributed by atoms with van der Waals surface area (Å²) in [6.07, 6.45) is 2.80. The van der Waals surface area contributed by atoms with Crippen LogP contribution in [0, 0.1) is 41.4 Å². The molecule has 0 aliphatic heterocycles. The molecule has 0 unspecified atom stereocenters. The summed E-state index contributed by atoms with van der Waals surface area (Å²) in [4.78, 5) is 0. The third-order valence-electron chi connectivity index (χ3n) is 6.17. The van der Waals surface area contributed by atoms with Crippen molar-refractivity contribution in [3.8, 4) is 0 Å². The highest BCUT2D eigenvalue weighted by atomic mass is 79.9. The Hall–Kier alpha value is -0.0500. The van der Waals surface area contributed by atoms with E-state index in [1.54, 1.807) is 0 Å². The maximum Gasteiger partial charge on any atom is 0.0655 e. The van der Waals surface area contributed by atoms with Gasteiger partial charge < -0.3 is 5.21 Å². The van der Waals surface area contributed by atoms with Gasteiger partial charge in [-0.3, -0.25) is 0 Å². The predicted molar refractivity (Wildman–Crippen MR) is 54.5 cm³/mol. The second kappa shape index (κ2) is 1.70. The zero-order chi connectivity index (χ0) is 9.24. The summed E-state index contributed by atoms with van der Waals surface area (Å²) in [7, 11) is 0. The van der Waals surface area contributed by atoms with Crippen LogP contribution in [0.25, 0.3) is 0 Å². The fourth-order valence-electron chi connectivity index (χ4n) is 6.35. The van der Waals surface area contributed by atoms with Crippen molar-refractivity contribution in [2.75, 3.05) is 0 Å². The summed E-state index contributed by atoms with van der Waals surface area (Å²) in [5.41, 5.74) is 1.17. The molecule has 6 rings (SSSR count). The van der Waals surface area contributed by atoms with E-state index in [-0.39, 0.29) is 0 Å². The van der Waals surface area contributed by atoms with Crippen LogP contribution >= 0.6 is 15.9 Å². The van der Waals surface area contributed by atoms with Crippen molar-refractivity contribution in [1.82, 2.24) is 0 Å². The number of nitrogens with zero attached hydrogens (tertiary/aromatic N) is 1. The lowest BCUT2D eigenvalue weighted by Gasteiger charge is -2.37. The molecule has 0 amide bonds. The molecule has 6 fully saturated rings. The molecule has 14 heavy (non-hydrogen) atoms. The van der Waals surface area contributed by atoms with E-state index in [1.165, 1.54) is 18.6 Å². The second-order valence-electron chi connectivity index (χ2n) is 5.99. The molecule has 6 aliphatic carbocycles. The van der Waals surface area contributed by atoms with Crippen molar-refractivity contribution in [3.63, 3.8) is 0 Å². The van der Waals surface area contributed by atoms with Gasteiger partial charge in [-0.05, 0) is 42.4 Å². The van der Waals surface area contributed by atoms with E-state index in [4.69, 9.17) is 5.21 Å². The van der Waals surface area contributed by atoms with Crippen LogP contribution in [0.15, 0.2) is 5.16 Å². The fraction of sp³-hybridized carbons (Fsp3) is 0.909. The first-order valence-corrected chi connectivity index (χ1v) is 6.47. The van der Waals surface area contributed by atoms with Gasteiger partial charge in [0, 0.05) is 16.2 Å². The third kappa shape index (κ3) is 0.412. The Morgan fingerprint density at radius 3 is 2.93 bits per heavy atom. The molecule has 0 radical (unpaired) electrons. The Bertz CT molecular complexity index is 395. The van der Waals surface area contributed by atoms with Crippen molar-refractivity contribution in [2.45, 2.75) is 17.2 Å². The van der Waals surface area contributed by atoms with E-state index in [2.05, 4.69) is 21.1 Å². The van der Waals surface area contributed by atoms with Gasteiger partial charge in [-0.15, -0.1) is 0 Å². The lowest BCUT2D eigenvalue weighted by molar-refractivity contribution is 0.149. The summed E-state index contributed by atoms with van der Waals surface area (Å²) in [5, 5.41) is 12.8. The zero-order valence-corrected chi connectivity index (χ0v) is 9.31. The minimum Gasteiger partial charge on any atom is -0.411 e. The van der Waals surface area contributed by atoms with Gasteiger partial charge in [-0.25, -0.2) is 0 Å². The smallest absolute Gasteiger partial charge is 0.0655 e. The van der Waals surface area contributed by atoms with E-state index in [1.807, 2.05) is 0 Å². The minimum absolute atomic E-state index is 0.367. The number of halogens is 1. The Morgan fingerprint density at radius 1 is 1.36 bits per heavy atom. The van der Waals surface area contributed by atoms with Crippen molar-refractivity contribution in [2.24, 2.45) is 46.6 Å². The minimum atomic E-state index is 0.367. The molecule has 0 heterocycles. The molecule has 1 N–H and O–H groups in total. The van der Waals surface area contributed by atoms with E-state index in [0.717, 1.165) is 29.6 Å². The molecular weight excluding hydrogens is 242 g/mol. The molecular formula is C11H12BrNO. The Kier molecular flexibility index (Phi) is 0.883. The van der Waals surface area contributed by atoms with Crippen LogP contribution in [0.3, 0.4) is 0 Å². The van der Waals surface area contributed by atoms with E-state index >= 15 is 0 Å². The molecule has 0 spiro atoms. The number of rotatable bonds is 0. The Balaban J connectivity index is 1.89. The maximum atomic E-state index is 9.16. The molecule has 8 atom stereocenters. The normalized spacial score (nSPS) is 77.8. The van der Waals surface area contributed by atoms with Crippen LogP contribution in [-0.4, -0.2) is 15.2 Å². The van der Waals surface area contributed by atoms with Gasteiger partial charge in [0.25, 0.3) is 0 Å². The Morgan fingerprint density at radius 2 is 2.21 bits per heavy atom. The van der Waals surface area contributed by atoms with Gasteiger partial charge in [-0.1, -0.05) is 21.1 Å². The molecule has 6 bridgehead atoms. The van der Waals surface area contributed by atoms with E-state index in [9.17, 15) is 0 Å². The van der Waals surface area contributed by atoms with Crippen LogP contribution < -0.4 is 0 Å². The van der Waals surface area contributed by atoms with Crippen molar-refractivity contribution in [3.05, 3.63) is 0 Å². The molecule has 2 nitrogen and oxygen atoms in total. The second-order valence-corrected chi connectivity index (χ2v) is 7.47. The summed E-state index contributed by atoms with van der Waals surface area (Å²) < 4.78 is 0.367. The van der Waals surface area contributed by atoms with Crippen LogP contribution in [-0.2, 0) is 0 Å². The first kappa shape index (κ1) is 7.26. The predicted octanol–water partition coefficient (Wildman–Crippen LogP) is 2.11. The number of hydrogen-bond donors (Lipinski definition) is 1. The first-order chi connectivity index (χ1) is 6.77. The molecule has 0 aromatic carbocycles. The SMILES string of the molecule is O/N=C1/[C@H]2[C@H]3C[C@H]4[C@@H]5C[C@](Br)([C@@H]42)[C@@H]1[C@@H]35. The lowest BCUT2D eigenvalue weighted by Crippen LogP contribution is -2.39. The molecule has 6 saturated carbocycles. The van der Waals surface area contributed by atoms with Gasteiger partial charge in [0.2, 0.25) is 0 Å². The highest BCUT2D eigenvalue weighted by Crippen LogP contribution is 2.85. The summed E-state index contributed by atoms with van der Waals surface area (Å²) >= 11 is 4.01. The van der Waals surface area contributed by atoms with Crippen molar-refractivity contribution < 1.29 is 5.21 Å². The largest absolute Gasteiger partial charge is 0.411 e. The molecule has 0 aromatic rings. The number of hydrogen-bond acceptors (Lipinski definition) is 2. The summed E-state index contributed by atoms with van der Waals surface area (Å²) in [6, 6.07) is 0. The number of alkyl halides is 1. The van der Waals surface area contributed by atoms with Crippen LogP contribution in [0.2, 0.25) is 0 Å². The highest BCUT2D eigenvalue weighted by Gasteiger charge is 2.85. The first-order valence-electron chi connectivity index (χ1n) is 5.68. The standard InChI is InChI=1S/C11H12BrNO/c12-11-2-5-3-1-4-6(5)9(11)10(13-14)7(4)8(3)11/h3-9,14H,1-2H2/b13-10-/t3-,4-,5-,6-,7-,8-,9+,11-/m0/s1. The van der Waals surface area contributed by atoms with Crippen LogP contribution in [0.1, 0.15) is 12.8 Å². The molecule has 0 saturated heterocycles. The fourth-order valence-corrected chi connectivity index (χ4v) is 7.89. The molecule has 6 aliphatic rings. The van der Waals surface area contributed by atoms with E-state index in [0.29, 0.717) is 16.2 Å². The van der Waals surface area contributed by atoms with Gasteiger partial charge >= 0.3 is 0 Å². The molecule has 3 heteroatoms. The average Bonchev–Trinajstić information content (AvgIpc) is 2.76. The van der Waals surface area contributed by atoms with Gasteiger partial charge in [0.05, 0.1) is 5.71 Å². The van der Waals surface area contributed by atoms with Crippen LogP contribution in [0.5, 0.6) is 0 Å². The van der Waals surface area contributed by atoms with Crippen LogP contribution in [0.4, 0.5) is 0 Å². The monoisotopic (exact) mass is 253 g/mol. The summed E-state index contributed by atoms with van der Waals surface area (Å²) in [5.74, 6) is 5.85. The zero-order valence-electron chi connectivity index (χ0n) is 7.73. The quantitative estimate of drug-likeness (QED) is 0.401. The van der Waals surface area contributed by atoms with Gasteiger partial charge in [0.15, 0.2) is 0 Å². The highest BCUT2D eigenvalue weighted by molar-refractivity contribution is 9.10. The molecule has 74 valence electrons. The van der Waals surface area contributed by atoms with Crippen molar-refractivity contribution in [1.29, 1.82) is 0 Å². The van der Waals surface area contributed by atoms with Gasteiger partial charge in [0.1, 0.15) is 0 Å². The average molecular weight is 254 g/mol. The van der Waals surface area contributed by atoms with Gasteiger partial charge in [-0.2, -0.15) is 0 Å².